The van der Waals surface area contributed by atoms with Crippen molar-refractivity contribution in [3.05, 3.63) is 83.8 Å². The first-order valence-electron chi connectivity index (χ1n) is 12.8. The molecule has 1 saturated heterocycles. The molecule has 2 aromatic carbocycles. The number of piperidine rings is 1. The number of benzene rings is 2. The largest absolute Gasteiger partial charge is 0.445 e. The van der Waals surface area contributed by atoms with Crippen molar-refractivity contribution in [3.8, 4) is 22.6 Å². The molecule has 40 heavy (non-hydrogen) atoms. The van der Waals surface area contributed by atoms with Gasteiger partial charge in [-0.3, -0.25) is 4.90 Å². The van der Waals surface area contributed by atoms with Gasteiger partial charge < -0.3 is 9.30 Å². The van der Waals surface area contributed by atoms with Crippen LogP contribution < -0.4 is 0 Å². The maximum atomic E-state index is 13.6. The molecule has 1 fully saturated rings. The number of carbonyl (C=O) groups excluding carboxylic acids is 1. The number of alkyl halides is 3. The lowest BCUT2D eigenvalue weighted by molar-refractivity contribution is -0.137. The van der Waals surface area contributed by atoms with E-state index in [-0.39, 0.29) is 6.61 Å². The number of carbonyl (C=O) groups is 1. The Hall–Kier alpha value is -3.86. The van der Waals surface area contributed by atoms with Crippen LogP contribution in [0.1, 0.15) is 42.3 Å². The number of halogens is 3. The maximum Gasteiger partial charge on any atom is 0.416 e. The normalized spacial score (nSPS) is 15.7. The van der Waals surface area contributed by atoms with Gasteiger partial charge in [-0.1, -0.05) is 54.2 Å². The van der Waals surface area contributed by atoms with Gasteiger partial charge in [-0.25, -0.2) is 19.7 Å². The Bertz CT molecular complexity index is 1490. The molecule has 1 atom stereocenters. The van der Waals surface area contributed by atoms with Gasteiger partial charge in [-0.15, -0.1) is 0 Å². The van der Waals surface area contributed by atoms with Crippen LogP contribution in [0.4, 0.5) is 18.0 Å². The summed E-state index contributed by atoms with van der Waals surface area (Å²) in [6.45, 7) is 0.631. The summed E-state index contributed by atoms with van der Waals surface area (Å²) in [5.74, 6) is 0.558. The summed E-state index contributed by atoms with van der Waals surface area (Å²) in [6, 6.07) is 15.8. The Morgan fingerprint density at radius 2 is 1.88 bits per heavy atom. The summed E-state index contributed by atoms with van der Waals surface area (Å²) >= 11 is 1.36. The number of imidazole rings is 1. The number of amides is 1. The first-order valence-corrected chi connectivity index (χ1v) is 14.1. The van der Waals surface area contributed by atoms with Crippen LogP contribution in [0.5, 0.6) is 0 Å². The average Bonchev–Trinajstić information content (AvgIpc) is 3.32. The third-order valence-electron chi connectivity index (χ3n) is 6.89. The van der Waals surface area contributed by atoms with Gasteiger partial charge in [0.2, 0.25) is 0 Å². The molecule has 0 radical (unpaired) electrons. The number of hydrogen-bond donors (Lipinski definition) is 0. The molecule has 1 aliphatic heterocycles. The van der Waals surface area contributed by atoms with E-state index in [1.165, 1.54) is 17.8 Å². The second kappa shape index (κ2) is 11.7. The fraction of sp³-hybridized carbons (Fsp3) is 0.310. The van der Waals surface area contributed by atoms with Gasteiger partial charge in [0.1, 0.15) is 12.4 Å². The fourth-order valence-electron chi connectivity index (χ4n) is 4.94. The van der Waals surface area contributed by atoms with Crippen molar-refractivity contribution in [3.63, 3.8) is 0 Å². The minimum atomic E-state index is -4.50. The second-order valence-corrected chi connectivity index (χ2v) is 10.3. The molecule has 3 heterocycles. The number of nitrogens with zero attached hydrogens (tertiary/aromatic N) is 5. The van der Waals surface area contributed by atoms with E-state index >= 15 is 0 Å². The summed E-state index contributed by atoms with van der Waals surface area (Å²) in [7, 11) is 1.80. The third-order valence-corrected chi connectivity index (χ3v) is 7.45. The van der Waals surface area contributed by atoms with Gasteiger partial charge in [0.05, 0.1) is 28.7 Å². The number of aromatic nitrogens is 4. The lowest BCUT2D eigenvalue weighted by Crippen LogP contribution is -2.39. The maximum absolute atomic E-state index is 13.6. The molecule has 1 unspecified atom stereocenters. The molecule has 0 spiro atoms. The van der Waals surface area contributed by atoms with Crippen LogP contribution in [0.25, 0.3) is 22.6 Å². The average molecular weight is 568 g/mol. The molecule has 0 saturated carbocycles. The lowest BCUT2D eigenvalue weighted by atomic mass is 10.0. The highest BCUT2D eigenvalue weighted by molar-refractivity contribution is 7.98. The minimum Gasteiger partial charge on any atom is -0.445 e. The van der Waals surface area contributed by atoms with Crippen molar-refractivity contribution in [1.82, 2.24) is 24.4 Å². The molecule has 2 aromatic heterocycles. The van der Waals surface area contributed by atoms with Crippen molar-refractivity contribution < 1.29 is 22.7 Å². The van der Waals surface area contributed by atoms with Crippen molar-refractivity contribution in [2.75, 3.05) is 12.8 Å². The van der Waals surface area contributed by atoms with Crippen LogP contribution in [0, 0.1) is 0 Å². The third kappa shape index (κ3) is 5.84. The fourth-order valence-corrected chi connectivity index (χ4v) is 5.30. The monoisotopic (exact) mass is 567 g/mol. The first kappa shape index (κ1) is 27.7. The van der Waals surface area contributed by atoms with Gasteiger partial charge in [-0.2, -0.15) is 13.2 Å². The summed E-state index contributed by atoms with van der Waals surface area (Å²) in [5.41, 5.74) is 1.86. The highest BCUT2D eigenvalue weighted by atomic mass is 32.2. The molecule has 11 heteroatoms. The Balaban J connectivity index is 1.57. The first-order chi connectivity index (χ1) is 19.3. The SMILES string of the molecule is CSc1nccc(-c2c(-c3cccc(C(F)(F)F)c3)nc(C3CCCCN3C(=O)OCc3ccccc3)n2C)n1. The van der Waals surface area contributed by atoms with Crippen molar-refractivity contribution >= 4 is 17.9 Å². The Labute approximate surface area is 234 Å². The van der Waals surface area contributed by atoms with Gasteiger partial charge in [0.25, 0.3) is 0 Å². The standard InChI is InChI=1S/C29H28F3N5O2S/c1-36-25(22-14-15-33-27(34-22)40-2)24(20-11-8-12-21(17-20)29(30,31)32)35-26(36)23-13-6-7-16-37(23)28(38)39-18-19-9-4-3-5-10-19/h3-5,8-12,14-15,17,23H,6-7,13,16,18H2,1-2H3. The van der Waals surface area contributed by atoms with Gasteiger partial charge in [0, 0.05) is 25.4 Å². The van der Waals surface area contributed by atoms with Gasteiger partial charge >= 0.3 is 12.3 Å². The molecular formula is C29H28F3N5O2S. The van der Waals surface area contributed by atoms with Crippen molar-refractivity contribution in [1.29, 1.82) is 0 Å². The van der Waals surface area contributed by atoms with E-state index in [0.29, 0.717) is 46.6 Å². The van der Waals surface area contributed by atoms with E-state index < -0.39 is 23.9 Å². The Morgan fingerprint density at radius 1 is 1.07 bits per heavy atom. The topological polar surface area (TPSA) is 73.1 Å². The molecule has 0 N–H and O–H groups in total. The minimum absolute atomic E-state index is 0.141. The molecule has 1 aliphatic rings. The second-order valence-electron chi connectivity index (χ2n) is 9.48. The number of likely N-dealkylation sites (tertiary alicyclic amines) is 1. The summed E-state index contributed by atoms with van der Waals surface area (Å²) < 4.78 is 48.3. The molecule has 0 aliphatic carbocycles. The van der Waals surface area contributed by atoms with Crippen LogP contribution in [-0.2, 0) is 24.6 Å². The zero-order valence-corrected chi connectivity index (χ0v) is 22.9. The summed E-state index contributed by atoms with van der Waals surface area (Å²) in [5, 5.41) is 0.527. The molecule has 4 aromatic rings. The van der Waals surface area contributed by atoms with E-state index in [9.17, 15) is 18.0 Å². The highest BCUT2D eigenvalue weighted by Gasteiger charge is 2.35. The highest BCUT2D eigenvalue weighted by Crippen LogP contribution is 2.39. The molecule has 208 valence electrons. The van der Waals surface area contributed by atoms with Gasteiger partial charge in [-0.05, 0) is 49.3 Å². The zero-order chi connectivity index (χ0) is 28.3. The van der Waals surface area contributed by atoms with Crippen molar-refractivity contribution in [2.24, 2.45) is 7.05 Å². The van der Waals surface area contributed by atoms with Gasteiger partial charge in [0.15, 0.2) is 5.16 Å². The number of thioether (sulfide) groups is 1. The number of rotatable bonds is 6. The van der Waals surface area contributed by atoms with Crippen LogP contribution in [0.15, 0.2) is 72.0 Å². The van der Waals surface area contributed by atoms with E-state index in [1.807, 2.05) is 41.2 Å². The molecule has 0 bridgehead atoms. The predicted octanol–water partition coefficient (Wildman–Crippen LogP) is 7.15. The molecular weight excluding hydrogens is 539 g/mol. The van der Waals surface area contributed by atoms with Crippen LogP contribution in [-0.4, -0.2) is 43.3 Å². The summed E-state index contributed by atoms with van der Waals surface area (Å²) in [4.78, 5) is 28.7. The zero-order valence-electron chi connectivity index (χ0n) is 22.1. The van der Waals surface area contributed by atoms with E-state index in [4.69, 9.17) is 9.72 Å². The smallest absolute Gasteiger partial charge is 0.416 e. The molecule has 5 rings (SSSR count). The van der Waals surface area contributed by atoms with Crippen LogP contribution in [0.2, 0.25) is 0 Å². The molecule has 1 amide bonds. The predicted molar refractivity (Wildman–Crippen MR) is 146 cm³/mol. The number of ether oxygens (including phenoxy) is 1. The van der Waals surface area contributed by atoms with Crippen molar-refractivity contribution in [2.45, 2.75) is 43.2 Å². The quantitative estimate of drug-likeness (QED) is 0.182. The van der Waals surface area contributed by atoms with Crippen LogP contribution >= 0.6 is 11.8 Å². The lowest BCUT2D eigenvalue weighted by Gasteiger charge is -2.34. The van der Waals surface area contributed by atoms with E-state index in [1.54, 1.807) is 30.3 Å². The Morgan fingerprint density at radius 3 is 2.62 bits per heavy atom. The van der Waals surface area contributed by atoms with Crippen LogP contribution in [0.3, 0.4) is 0 Å². The summed E-state index contributed by atoms with van der Waals surface area (Å²) in [6.07, 6.45) is 0.845. The molecule has 7 nitrogen and oxygen atoms in total. The van der Waals surface area contributed by atoms with E-state index in [2.05, 4.69) is 9.97 Å². The number of hydrogen-bond acceptors (Lipinski definition) is 6. The Kier molecular flexibility index (Phi) is 8.11. The van der Waals surface area contributed by atoms with E-state index in [0.717, 1.165) is 30.5 Å².